The predicted octanol–water partition coefficient (Wildman–Crippen LogP) is 2.68. The molecule has 0 saturated carbocycles. The van der Waals surface area contributed by atoms with Gasteiger partial charge in [-0.3, -0.25) is 0 Å². The van der Waals surface area contributed by atoms with Crippen LogP contribution in [0.2, 0.25) is 0 Å². The summed E-state index contributed by atoms with van der Waals surface area (Å²) in [6.07, 6.45) is 2.70. The summed E-state index contributed by atoms with van der Waals surface area (Å²) >= 11 is 3.33. The van der Waals surface area contributed by atoms with E-state index in [9.17, 15) is 4.79 Å². The molecule has 0 aliphatic rings. The Bertz CT molecular complexity index is 314. The average Bonchev–Trinajstić information content (AvgIpc) is 2.15. The molecule has 1 N–H and O–H groups in total. The minimum atomic E-state index is -0.926. The van der Waals surface area contributed by atoms with Crippen molar-refractivity contribution in [3.63, 3.8) is 0 Å². The molecule has 0 atom stereocenters. The van der Waals surface area contributed by atoms with Crippen molar-refractivity contribution in [3.05, 3.63) is 41.5 Å². The van der Waals surface area contributed by atoms with E-state index >= 15 is 0 Å². The highest BCUT2D eigenvalue weighted by molar-refractivity contribution is 9.08. The highest BCUT2D eigenvalue weighted by Crippen LogP contribution is 2.08. The van der Waals surface area contributed by atoms with Gasteiger partial charge in [0.1, 0.15) is 0 Å². The van der Waals surface area contributed by atoms with Crippen molar-refractivity contribution in [1.82, 2.24) is 0 Å². The summed E-state index contributed by atoms with van der Waals surface area (Å²) in [5.41, 5.74) is 2.07. The van der Waals surface area contributed by atoms with Crippen LogP contribution in [0.15, 0.2) is 30.3 Å². The van der Waals surface area contributed by atoms with E-state index in [0.29, 0.717) is 0 Å². The Kier molecular flexibility index (Phi) is 3.71. The van der Waals surface area contributed by atoms with Crippen molar-refractivity contribution in [2.75, 3.05) is 0 Å². The van der Waals surface area contributed by atoms with Gasteiger partial charge in [0.05, 0.1) is 0 Å². The molecule has 0 aromatic heterocycles. The summed E-state index contributed by atoms with van der Waals surface area (Å²) < 4.78 is 0. The first-order valence-electron chi connectivity index (χ1n) is 3.78. The summed E-state index contributed by atoms with van der Waals surface area (Å²) in [4.78, 5) is 10.2. The lowest BCUT2D eigenvalue weighted by Crippen LogP contribution is -1.85. The van der Waals surface area contributed by atoms with Crippen LogP contribution in [0.4, 0.5) is 0 Å². The Morgan fingerprint density at radius 1 is 1.38 bits per heavy atom. The molecule has 0 aliphatic heterocycles. The van der Waals surface area contributed by atoms with E-state index in [1.54, 1.807) is 6.08 Å². The van der Waals surface area contributed by atoms with E-state index < -0.39 is 5.97 Å². The van der Waals surface area contributed by atoms with E-state index in [0.717, 1.165) is 17.0 Å². The molecular weight excluding hydrogens is 232 g/mol. The fourth-order valence-electron chi connectivity index (χ4n) is 0.885. The Labute approximate surface area is 85.0 Å². The van der Waals surface area contributed by atoms with E-state index in [1.807, 2.05) is 24.3 Å². The number of carboxylic acids is 1. The number of aliphatic carboxylic acids is 1. The molecule has 1 aromatic rings. The molecule has 68 valence electrons. The molecule has 0 radical (unpaired) electrons. The van der Waals surface area contributed by atoms with Gasteiger partial charge >= 0.3 is 5.97 Å². The second kappa shape index (κ2) is 4.82. The van der Waals surface area contributed by atoms with Gasteiger partial charge in [0.15, 0.2) is 0 Å². The number of hydrogen-bond acceptors (Lipinski definition) is 1. The van der Waals surface area contributed by atoms with E-state index in [-0.39, 0.29) is 0 Å². The van der Waals surface area contributed by atoms with Crippen LogP contribution in [0.5, 0.6) is 0 Å². The lowest BCUT2D eigenvalue weighted by molar-refractivity contribution is -0.131. The molecule has 3 heteroatoms. The van der Waals surface area contributed by atoms with Gasteiger partial charge in [-0.15, -0.1) is 0 Å². The molecule has 1 rings (SSSR count). The van der Waals surface area contributed by atoms with Gasteiger partial charge in [0.2, 0.25) is 0 Å². The largest absolute Gasteiger partial charge is 0.478 e. The standard InChI is InChI=1S/C10H9BrO2/c11-7-9-3-1-8(2-4-9)5-6-10(12)13/h1-6H,7H2,(H,12,13). The molecular formula is C10H9BrO2. The van der Waals surface area contributed by atoms with Crippen molar-refractivity contribution in [3.8, 4) is 0 Å². The van der Waals surface area contributed by atoms with Crippen molar-refractivity contribution in [2.45, 2.75) is 5.33 Å². The van der Waals surface area contributed by atoms with Gasteiger partial charge in [0.25, 0.3) is 0 Å². The maximum atomic E-state index is 10.2. The minimum absolute atomic E-state index is 0.815. The average molecular weight is 241 g/mol. The molecule has 13 heavy (non-hydrogen) atoms. The molecule has 0 aliphatic carbocycles. The summed E-state index contributed by atoms with van der Waals surface area (Å²) in [5, 5.41) is 9.20. The van der Waals surface area contributed by atoms with Gasteiger partial charge < -0.3 is 5.11 Å². The number of carbonyl (C=O) groups is 1. The zero-order valence-corrected chi connectivity index (χ0v) is 8.49. The van der Waals surface area contributed by atoms with Gasteiger partial charge in [-0.25, -0.2) is 4.79 Å². The first kappa shape index (κ1) is 9.99. The third-order valence-electron chi connectivity index (χ3n) is 1.55. The van der Waals surface area contributed by atoms with Crippen molar-refractivity contribution in [1.29, 1.82) is 0 Å². The monoisotopic (exact) mass is 240 g/mol. The van der Waals surface area contributed by atoms with Gasteiger partial charge in [-0.05, 0) is 17.2 Å². The van der Waals surface area contributed by atoms with Crippen LogP contribution in [0, 0.1) is 0 Å². The number of halogens is 1. The first-order chi connectivity index (χ1) is 6.22. The van der Waals surface area contributed by atoms with Crippen molar-refractivity contribution in [2.24, 2.45) is 0 Å². The number of carboxylic acid groups (broad SMARTS) is 1. The predicted molar refractivity (Wildman–Crippen MR) is 55.7 cm³/mol. The zero-order valence-electron chi connectivity index (χ0n) is 6.90. The zero-order chi connectivity index (χ0) is 9.68. The maximum absolute atomic E-state index is 10.2. The van der Waals surface area contributed by atoms with Gasteiger partial charge in [0, 0.05) is 11.4 Å². The van der Waals surface area contributed by atoms with Crippen LogP contribution < -0.4 is 0 Å². The number of hydrogen-bond donors (Lipinski definition) is 1. The Balaban J connectivity index is 2.75. The van der Waals surface area contributed by atoms with E-state index in [1.165, 1.54) is 5.56 Å². The van der Waals surface area contributed by atoms with Gasteiger partial charge in [-0.1, -0.05) is 40.2 Å². The summed E-state index contributed by atoms with van der Waals surface area (Å²) in [7, 11) is 0. The molecule has 1 aromatic carbocycles. The highest BCUT2D eigenvalue weighted by Gasteiger charge is 1.90. The summed E-state index contributed by atoms with van der Waals surface area (Å²) in [6.45, 7) is 0. The smallest absolute Gasteiger partial charge is 0.328 e. The van der Waals surface area contributed by atoms with Crippen LogP contribution >= 0.6 is 15.9 Å². The first-order valence-corrected chi connectivity index (χ1v) is 4.90. The van der Waals surface area contributed by atoms with Gasteiger partial charge in [-0.2, -0.15) is 0 Å². The van der Waals surface area contributed by atoms with Crippen LogP contribution in [-0.4, -0.2) is 11.1 Å². The Hall–Kier alpha value is -1.09. The number of rotatable bonds is 3. The second-order valence-corrected chi connectivity index (χ2v) is 3.11. The lowest BCUT2D eigenvalue weighted by atomic mass is 10.1. The van der Waals surface area contributed by atoms with Crippen LogP contribution in [0.3, 0.4) is 0 Å². The normalized spacial score (nSPS) is 10.5. The highest BCUT2D eigenvalue weighted by atomic mass is 79.9. The minimum Gasteiger partial charge on any atom is -0.478 e. The maximum Gasteiger partial charge on any atom is 0.328 e. The molecule has 2 nitrogen and oxygen atoms in total. The number of benzene rings is 1. The Morgan fingerprint density at radius 3 is 2.46 bits per heavy atom. The third-order valence-corrected chi connectivity index (χ3v) is 2.20. The third kappa shape index (κ3) is 3.42. The molecule has 0 amide bonds. The summed E-state index contributed by atoms with van der Waals surface area (Å²) in [6, 6.07) is 7.68. The summed E-state index contributed by atoms with van der Waals surface area (Å²) in [5.74, 6) is -0.926. The van der Waals surface area contributed by atoms with E-state index in [4.69, 9.17) is 5.11 Å². The van der Waals surface area contributed by atoms with Crippen LogP contribution in [0.25, 0.3) is 6.08 Å². The van der Waals surface area contributed by atoms with E-state index in [2.05, 4.69) is 15.9 Å². The molecule has 0 heterocycles. The fraction of sp³-hybridized carbons (Fsp3) is 0.100. The lowest BCUT2D eigenvalue weighted by Gasteiger charge is -1.95. The Morgan fingerprint density at radius 2 is 2.00 bits per heavy atom. The number of alkyl halides is 1. The molecule has 0 spiro atoms. The topological polar surface area (TPSA) is 37.3 Å². The fourth-order valence-corrected chi connectivity index (χ4v) is 1.26. The quantitative estimate of drug-likeness (QED) is 0.652. The van der Waals surface area contributed by atoms with Crippen LogP contribution in [-0.2, 0) is 10.1 Å². The molecule has 0 saturated heterocycles. The molecule has 0 fully saturated rings. The SMILES string of the molecule is O=C(O)C=Cc1ccc(CBr)cc1. The molecule has 0 unspecified atom stereocenters. The second-order valence-electron chi connectivity index (χ2n) is 2.55. The van der Waals surface area contributed by atoms with Crippen molar-refractivity contribution < 1.29 is 9.90 Å². The van der Waals surface area contributed by atoms with Crippen molar-refractivity contribution >= 4 is 28.0 Å². The van der Waals surface area contributed by atoms with Crippen LogP contribution in [0.1, 0.15) is 11.1 Å². The molecule has 0 bridgehead atoms.